The molecule has 1 aromatic heterocycles. The molecule has 2 saturated heterocycles. The number of rotatable bonds is 10. The first-order valence-corrected chi connectivity index (χ1v) is 17.0. The molecule has 2 fully saturated rings. The Labute approximate surface area is 277 Å². The van der Waals surface area contributed by atoms with Crippen LogP contribution in [0.25, 0.3) is 16.6 Å². The second kappa shape index (κ2) is 14.6. The Balaban J connectivity index is 1.26. The third-order valence-corrected chi connectivity index (χ3v) is 9.57. The van der Waals surface area contributed by atoms with Gasteiger partial charge in [-0.2, -0.15) is 0 Å². The first-order chi connectivity index (χ1) is 22.2. The Morgan fingerprint density at radius 2 is 1.63 bits per heavy atom. The molecule has 0 radical (unpaired) electrons. The number of nitrogens with zero attached hydrogens (tertiary/aromatic N) is 5. The van der Waals surface area contributed by atoms with Crippen LogP contribution in [0.3, 0.4) is 0 Å². The smallest absolute Gasteiger partial charge is 0.266 e. The van der Waals surface area contributed by atoms with Gasteiger partial charge in [0.05, 0.1) is 29.2 Å². The number of benzene rings is 3. The van der Waals surface area contributed by atoms with Crippen LogP contribution >= 0.6 is 11.6 Å². The third-order valence-electron chi connectivity index (χ3n) is 9.32. The van der Waals surface area contributed by atoms with Gasteiger partial charge in [-0.25, -0.2) is 4.98 Å². The summed E-state index contributed by atoms with van der Waals surface area (Å²) in [7, 11) is 2.18. The van der Waals surface area contributed by atoms with Crippen molar-refractivity contribution in [3.05, 3.63) is 93.5 Å². The molecule has 8 nitrogen and oxygen atoms in total. The van der Waals surface area contributed by atoms with E-state index in [0.29, 0.717) is 35.2 Å². The molecule has 4 aromatic rings. The van der Waals surface area contributed by atoms with Gasteiger partial charge < -0.3 is 14.4 Å². The first-order valence-electron chi connectivity index (χ1n) is 16.6. The van der Waals surface area contributed by atoms with E-state index in [1.54, 1.807) is 0 Å². The van der Waals surface area contributed by atoms with Gasteiger partial charge in [0.15, 0.2) is 0 Å². The Kier molecular flexibility index (Phi) is 10.3. The normalized spacial score (nSPS) is 17.9. The summed E-state index contributed by atoms with van der Waals surface area (Å²) >= 11 is 6.02. The number of piperidine rings is 1. The molecule has 46 heavy (non-hydrogen) atoms. The number of hydrogen-bond donors (Lipinski definition) is 0. The van der Waals surface area contributed by atoms with E-state index in [0.717, 1.165) is 74.9 Å². The van der Waals surface area contributed by atoms with Gasteiger partial charge >= 0.3 is 0 Å². The van der Waals surface area contributed by atoms with Crippen LogP contribution in [0.4, 0.5) is 0 Å². The summed E-state index contributed by atoms with van der Waals surface area (Å²) in [6.07, 6.45) is 2.18. The topological polar surface area (TPSA) is 63.1 Å². The summed E-state index contributed by atoms with van der Waals surface area (Å²) in [5, 5.41) is 1.32. The summed E-state index contributed by atoms with van der Waals surface area (Å²) in [6, 6.07) is 21.9. The number of halogens is 1. The molecule has 6 rings (SSSR count). The molecule has 0 N–H and O–H groups in total. The molecule has 1 unspecified atom stereocenters. The van der Waals surface area contributed by atoms with Crippen LogP contribution in [0.1, 0.15) is 50.9 Å². The molecule has 0 saturated carbocycles. The second-order valence-electron chi connectivity index (χ2n) is 13.1. The monoisotopic (exact) mass is 643 g/mol. The quantitative estimate of drug-likeness (QED) is 0.203. The molecule has 1 atom stereocenters. The molecule has 0 amide bonds. The molecule has 244 valence electrons. The lowest BCUT2D eigenvalue weighted by Gasteiger charge is -2.38. The van der Waals surface area contributed by atoms with E-state index in [1.165, 1.54) is 5.56 Å². The maximum absolute atomic E-state index is 14.3. The van der Waals surface area contributed by atoms with E-state index >= 15 is 0 Å². The predicted octanol–water partition coefficient (Wildman–Crippen LogP) is 6.22. The van der Waals surface area contributed by atoms with Gasteiger partial charge in [-0.1, -0.05) is 29.8 Å². The first kappa shape index (κ1) is 32.5. The summed E-state index contributed by atoms with van der Waals surface area (Å²) < 4.78 is 14.2. The highest BCUT2D eigenvalue weighted by Gasteiger charge is 2.26. The van der Waals surface area contributed by atoms with Crippen LogP contribution in [-0.2, 0) is 6.54 Å². The van der Waals surface area contributed by atoms with Gasteiger partial charge in [-0.05, 0) is 114 Å². The number of fused-ring (bicyclic) bond motifs is 1. The zero-order valence-electron chi connectivity index (χ0n) is 27.5. The second-order valence-corrected chi connectivity index (χ2v) is 13.5. The number of hydrogen-bond acceptors (Lipinski definition) is 7. The molecule has 9 heteroatoms. The van der Waals surface area contributed by atoms with Crippen molar-refractivity contribution in [3.63, 3.8) is 0 Å². The number of likely N-dealkylation sites (tertiary alicyclic amines) is 1. The van der Waals surface area contributed by atoms with E-state index in [-0.39, 0.29) is 17.7 Å². The minimum Gasteiger partial charge on any atom is -0.492 e. The minimum atomic E-state index is -0.0543. The maximum Gasteiger partial charge on any atom is 0.266 e. The van der Waals surface area contributed by atoms with Crippen LogP contribution in [0.5, 0.6) is 11.5 Å². The fourth-order valence-electron chi connectivity index (χ4n) is 6.61. The van der Waals surface area contributed by atoms with Crippen LogP contribution in [0, 0.1) is 0 Å². The average Bonchev–Trinajstić information content (AvgIpc) is 3.05. The summed E-state index contributed by atoms with van der Waals surface area (Å²) in [4.78, 5) is 26.7. The van der Waals surface area contributed by atoms with Crippen molar-refractivity contribution in [2.24, 2.45) is 0 Å². The van der Waals surface area contributed by atoms with Crippen molar-refractivity contribution in [1.82, 2.24) is 24.3 Å². The predicted molar refractivity (Wildman–Crippen MR) is 186 cm³/mol. The van der Waals surface area contributed by atoms with Gasteiger partial charge in [0.25, 0.3) is 5.56 Å². The largest absolute Gasteiger partial charge is 0.492 e. The molecule has 3 heterocycles. The minimum absolute atomic E-state index is 0.0285. The summed E-state index contributed by atoms with van der Waals surface area (Å²) in [5.41, 5.74) is 2.72. The fraction of sp³-hybridized carbons (Fsp3) is 0.459. The van der Waals surface area contributed by atoms with Gasteiger partial charge in [-0.3, -0.25) is 19.2 Å². The maximum atomic E-state index is 14.3. The molecule has 2 aliphatic rings. The Morgan fingerprint density at radius 3 is 2.35 bits per heavy atom. The molecule has 0 aliphatic carbocycles. The van der Waals surface area contributed by atoms with Crippen molar-refractivity contribution >= 4 is 22.5 Å². The Bertz CT molecular complexity index is 1680. The third kappa shape index (κ3) is 7.58. The number of piperazine rings is 1. The van der Waals surface area contributed by atoms with Crippen molar-refractivity contribution in [2.45, 2.75) is 58.2 Å². The van der Waals surface area contributed by atoms with Crippen LogP contribution in [0.15, 0.2) is 71.5 Å². The lowest BCUT2D eigenvalue weighted by atomic mass is 9.89. The zero-order valence-corrected chi connectivity index (χ0v) is 28.2. The van der Waals surface area contributed by atoms with Crippen molar-refractivity contribution in [2.75, 3.05) is 52.9 Å². The van der Waals surface area contributed by atoms with Crippen molar-refractivity contribution < 1.29 is 9.47 Å². The summed E-state index contributed by atoms with van der Waals surface area (Å²) in [5.74, 6) is 2.74. The van der Waals surface area contributed by atoms with Crippen LogP contribution in [0.2, 0.25) is 5.02 Å². The fourth-order valence-corrected chi connectivity index (χ4v) is 6.73. The van der Waals surface area contributed by atoms with Crippen molar-refractivity contribution in [3.8, 4) is 17.2 Å². The number of ether oxygens (including phenoxy) is 2. The molecule has 0 bridgehead atoms. The summed E-state index contributed by atoms with van der Waals surface area (Å²) in [6.45, 7) is 13.2. The Morgan fingerprint density at radius 1 is 0.913 bits per heavy atom. The lowest BCUT2D eigenvalue weighted by Crippen LogP contribution is -2.51. The molecular weight excluding hydrogens is 598 g/mol. The highest BCUT2D eigenvalue weighted by molar-refractivity contribution is 6.30. The van der Waals surface area contributed by atoms with Crippen molar-refractivity contribution in [1.29, 1.82) is 0 Å². The lowest BCUT2D eigenvalue weighted by molar-refractivity contribution is 0.0741. The molecule has 0 spiro atoms. The van der Waals surface area contributed by atoms with Gasteiger partial charge in [0.1, 0.15) is 23.9 Å². The van der Waals surface area contributed by atoms with E-state index in [4.69, 9.17) is 26.1 Å². The van der Waals surface area contributed by atoms with E-state index in [9.17, 15) is 4.79 Å². The van der Waals surface area contributed by atoms with Gasteiger partial charge in [-0.15, -0.1) is 0 Å². The molecule has 2 aliphatic heterocycles. The SMILES string of the molecule is CC(C)Oc1ccc(C2CCN(C)CC2)cc1-n1c(CN2CCN(C(C)COc3ccc(Cl)cc3)CC2)nc2ccccc2c1=O. The highest BCUT2D eigenvalue weighted by Crippen LogP contribution is 2.33. The van der Waals surface area contributed by atoms with E-state index < -0.39 is 0 Å². The standard InChI is InChI=1S/C37H46ClN5O3/c1-26(2)46-35-14-9-29(28-15-17-40(4)18-16-28)23-34(35)43-36(39-33-8-6-5-7-32(33)37(43)44)24-41-19-21-42(22-20-41)27(3)25-45-31-12-10-30(38)11-13-31/h5-14,23,26-28H,15-22,24-25H2,1-4H3. The number of aromatic nitrogens is 2. The highest BCUT2D eigenvalue weighted by atomic mass is 35.5. The average molecular weight is 644 g/mol. The Hall–Kier alpha value is -3.43. The van der Waals surface area contributed by atoms with Gasteiger partial charge in [0.2, 0.25) is 0 Å². The molecule has 3 aromatic carbocycles. The number of para-hydroxylation sites is 1. The van der Waals surface area contributed by atoms with Crippen LogP contribution in [-0.4, -0.2) is 89.3 Å². The van der Waals surface area contributed by atoms with E-state index in [2.05, 4.69) is 46.9 Å². The van der Waals surface area contributed by atoms with E-state index in [1.807, 2.05) is 66.9 Å². The zero-order chi connectivity index (χ0) is 32.2. The van der Waals surface area contributed by atoms with Crippen LogP contribution < -0.4 is 15.0 Å². The molecular formula is C37H46ClN5O3. The van der Waals surface area contributed by atoms with Gasteiger partial charge in [0, 0.05) is 37.2 Å².